The summed E-state index contributed by atoms with van der Waals surface area (Å²) in [4.78, 5) is 25.0. The minimum Gasteiger partial charge on any atom is -0.377 e. The molecule has 1 heterocycles. The van der Waals surface area contributed by atoms with Crippen LogP contribution in [-0.4, -0.2) is 16.9 Å². The summed E-state index contributed by atoms with van der Waals surface area (Å²) in [6.07, 6.45) is 8.27. The summed E-state index contributed by atoms with van der Waals surface area (Å²) in [6, 6.07) is 6.95. The van der Waals surface area contributed by atoms with Crippen LogP contribution in [0.5, 0.6) is 0 Å². The molecule has 0 radical (unpaired) electrons. The SMILES string of the molecule is N#Cc1c(NC(=O)c2ccc(NC3CCCCC3)c([N+](=O)[O-])c2)sc2c1CCC2. The molecule has 0 saturated heterocycles. The Bertz CT molecular complexity index is 1000. The molecule has 1 aromatic heterocycles. The van der Waals surface area contributed by atoms with Gasteiger partial charge in [0.2, 0.25) is 0 Å². The van der Waals surface area contributed by atoms with Crippen LogP contribution in [0.3, 0.4) is 0 Å². The monoisotopic (exact) mass is 410 g/mol. The van der Waals surface area contributed by atoms with Gasteiger partial charge in [-0.3, -0.25) is 14.9 Å². The Morgan fingerprint density at radius 1 is 1.21 bits per heavy atom. The molecule has 29 heavy (non-hydrogen) atoms. The third-order valence-electron chi connectivity index (χ3n) is 5.68. The second-order valence-corrected chi connectivity index (χ2v) is 8.70. The molecule has 150 valence electrons. The Hall–Kier alpha value is -2.92. The van der Waals surface area contributed by atoms with Gasteiger partial charge >= 0.3 is 0 Å². The highest BCUT2D eigenvalue weighted by atomic mass is 32.1. The van der Waals surface area contributed by atoms with E-state index in [2.05, 4.69) is 16.7 Å². The molecule has 7 nitrogen and oxygen atoms in total. The molecule has 2 aliphatic carbocycles. The van der Waals surface area contributed by atoms with Crippen molar-refractivity contribution in [2.45, 2.75) is 57.4 Å². The zero-order valence-corrected chi connectivity index (χ0v) is 16.8. The summed E-state index contributed by atoms with van der Waals surface area (Å²) in [7, 11) is 0. The fourth-order valence-electron chi connectivity index (χ4n) is 4.20. The number of hydrogen-bond acceptors (Lipinski definition) is 6. The maximum absolute atomic E-state index is 12.7. The second-order valence-electron chi connectivity index (χ2n) is 7.60. The van der Waals surface area contributed by atoms with E-state index >= 15 is 0 Å². The highest BCUT2D eigenvalue weighted by Crippen LogP contribution is 2.39. The summed E-state index contributed by atoms with van der Waals surface area (Å²) >= 11 is 1.43. The molecule has 0 unspecified atom stereocenters. The number of fused-ring (bicyclic) bond motifs is 1. The van der Waals surface area contributed by atoms with E-state index in [0.717, 1.165) is 55.4 Å². The molecule has 0 bridgehead atoms. The van der Waals surface area contributed by atoms with E-state index in [1.807, 2.05) is 0 Å². The molecule has 2 N–H and O–H groups in total. The first kappa shape index (κ1) is 19.4. The summed E-state index contributed by atoms with van der Waals surface area (Å²) in [5, 5.41) is 27.7. The van der Waals surface area contributed by atoms with Crippen LogP contribution in [0.25, 0.3) is 0 Å². The first-order valence-electron chi connectivity index (χ1n) is 9.98. The molecule has 1 fully saturated rings. The smallest absolute Gasteiger partial charge is 0.293 e. The maximum atomic E-state index is 12.7. The number of nitrogens with zero attached hydrogens (tertiary/aromatic N) is 2. The van der Waals surface area contributed by atoms with Crippen LogP contribution in [0.1, 0.15) is 64.9 Å². The van der Waals surface area contributed by atoms with Gasteiger partial charge in [-0.25, -0.2) is 0 Å². The van der Waals surface area contributed by atoms with Crippen LogP contribution in [-0.2, 0) is 12.8 Å². The number of nitro benzene ring substituents is 1. The number of hydrogen-bond donors (Lipinski definition) is 2. The van der Waals surface area contributed by atoms with E-state index in [1.165, 1.54) is 23.8 Å². The van der Waals surface area contributed by atoms with Crippen LogP contribution in [0.15, 0.2) is 18.2 Å². The maximum Gasteiger partial charge on any atom is 0.293 e. The fraction of sp³-hybridized carbons (Fsp3) is 0.429. The number of rotatable bonds is 5. The predicted octanol–water partition coefficient (Wildman–Crippen LogP) is 5.01. The summed E-state index contributed by atoms with van der Waals surface area (Å²) in [5.41, 5.74) is 2.12. The van der Waals surface area contributed by atoms with Crippen LogP contribution < -0.4 is 10.6 Å². The van der Waals surface area contributed by atoms with E-state index in [0.29, 0.717) is 16.3 Å². The molecule has 8 heteroatoms. The molecule has 1 amide bonds. The van der Waals surface area contributed by atoms with Crippen molar-refractivity contribution in [2.24, 2.45) is 0 Å². The Balaban J connectivity index is 1.55. The third-order valence-corrected chi connectivity index (χ3v) is 6.89. The fourth-order valence-corrected chi connectivity index (χ4v) is 5.43. The average Bonchev–Trinajstić information content (AvgIpc) is 3.29. The molecule has 2 aliphatic rings. The van der Waals surface area contributed by atoms with Gasteiger partial charge in [0.05, 0.1) is 10.5 Å². The van der Waals surface area contributed by atoms with Crippen molar-refractivity contribution in [3.8, 4) is 6.07 Å². The number of thiophene rings is 1. The molecule has 2 aromatic rings. The predicted molar refractivity (Wildman–Crippen MR) is 113 cm³/mol. The Morgan fingerprint density at radius 3 is 2.72 bits per heavy atom. The quantitative estimate of drug-likeness (QED) is 0.532. The van der Waals surface area contributed by atoms with Crippen LogP contribution in [0.2, 0.25) is 0 Å². The van der Waals surface area contributed by atoms with E-state index in [1.54, 1.807) is 12.1 Å². The standard InChI is InChI=1S/C21H22N4O3S/c22-12-16-15-7-4-8-19(15)29-21(16)24-20(26)13-9-10-17(18(11-13)25(27)28)23-14-5-2-1-3-6-14/h9-11,14,23H,1-8H2,(H,24,26). The lowest BCUT2D eigenvalue weighted by atomic mass is 9.95. The Morgan fingerprint density at radius 2 is 2.00 bits per heavy atom. The number of anilines is 2. The van der Waals surface area contributed by atoms with Gasteiger partial charge in [0.15, 0.2) is 0 Å². The molecular weight excluding hydrogens is 388 g/mol. The van der Waals surface area contributed by atoms with Gasteiger partial charge in [-0.15, -0.1) is 11.3 Å². The normalized spacial score (nSPS) is 16.1. The number of carbonyl (C=O) groups is 1. The van der Waals surface area contributed by atoms with Crippen molar-refractivity contribution < 1.29 is 9.72 Å². The van der Waals surface area contributed by atoms with Gasteiger partial charge < -0.3 is 10.6 Å². The van der Waals surface area contributed by atoms with Gasteiger partial charge in [0.1, 0.15) is 16.8 Å². The van der Waals surface area contributed by atoms with Gasteiger partial charge in [-0.2, -0.15) is 5.26 Å². The van der Waals surface area contributed by atoms with E-state index in [9.17, 15) is 20.2 Å². The number of nitrogens with one attached hydrogen (secondary N) is 2. The topological polar surface area (TPSA) is 108 Å². The number of benzene rings is 1. The third kappa shape index (κ3) is 3.96. The van der Waals surface area contributed by atoms with Crippen LogP contribution >= 0.6 is 11.3 Å². The van der Waals surface area contributed by atoms with Gasteiger partial charge in [0.25, 0.3) is 11.6 Å². The van der Waals surface area contributed by atoms with Gasteiger partial charge in [-0.1, -0.05) is 19.3 Å². The number of carbonyl (C=O) groups excluding carboxylic acids is 1. The van der Waals surface area contributed by atoms with Crippen LogP contribution in [0.4, 0.5) is 16.4 Å². The summed E-state index contributed by atoms with van der Waals surface area (Å²) in [6.45, 7) is 0. The van der Waals surface area contributed by atoms with Crippen molar-refractivity contribution in [3.05, 3.63) is 49.9 Å². The van der Waals surface area contributed by atoms with E-state index in [-0.39, 0.29) is 17.3 Å². The number of nitriles is 1. The number of nitro groups is 1. The largest absolute Gasteiger partial charge is 0.377 e. The van der Waals surface area contributed by atoms with Crippen molar-refractivity contribution in [2.75, 3.05) is 10.6 Å². The zero-order chi connectivity index (χ0) is 20.4. The number of aryl methyl sites for hydroxylation is 1. The lowest BCUT2D eigenvalue weighted by Crippen LogP contribution is -2.23. The molecule has 0 atom stereocenters. The van der Waals surface area contributed by atoms with Crippen molar-refractivity contribution >= 4 is 33.6 Å². The van der Waals surface area contributed by atoms with Crippen molar-refractivity contribution in [1.82, 2.24) is 0 Å². The van der Waals surface area contributed by atoms with Crippen molar-refractivity contribution in [3.63, 3.8) is 0 Å². The summed E-state index contributed by atoms with van der Waals surface area (Å²) in [5.74, 6) is -0.436. The average molecular weight is 410 g/mol. The lowest BCUT2D eigenvalue weighted by molar-refractivity contribution is -0.384. The molecular formula is C21H22N4O3S. The Kier molecular flexibility index (Phi) is 5.49. The molecule has 4 rings (SSSR count). The lowest BCUT2D eigenvalue weighted by Gasteiger charge is -2.23. The summed E-state index contributed by atoms with van der Waals surface area (Å²) < 4.78 is 0. The highest BCUT2D eigenvalue weighted by Gasteiger charge is 2.25. The van der Waals surface area contributed by atoms with Crippen molar-refractivity contribution in [1.29, 1.82) is 5.26 Å². The second kappa shape index (κ2) is 8.21. The highest BCUT2D eigenvalue weighted by molar-refractivity contribution is 7.16. The van der Waals surface area contributed by atoms with Gasteiger partial charge in [0, 0.05) is 22.5 Å². The molecule has 1 saturated carbocycles. The molecule has 0 spiro atoms. The minimum absolute atomic E-state index is 0.0996. The van der Waals surface area contributed by atoms with E-state index < -0.39 is 10.8 Å². The minimum atomic E-state index is -0.456. The first-order chi connectivity index (χ1) is 14.1. The van der Waals surface area contributed by atoms with Crippen LogP contribution in [0, 0.1) is 21.4 Å². The molecule has 0 aliphatic heterocycles. The van der Waals surface area contributed by atoms with E-state index in [4.69, 9.17) is 0 Å². The molecule has 1 aromatic carbocycles. The number of amides is 1. The van der Waals surface area contributed by atoms with Gasteiger partial charge in [-0.05, 0) is 49.8 Å². The zero-order valence-electron chi connectivity index (χ0n) is 16.0. The Labute approximate surface area is 172 Å². The first-order valence-corrected chi connectivity index (χ1v) is 10.8.